The van der Waals surface area contributed by atoms with Crippen molar-refractivity contribution in [3.8, 4) is 5.75 Å². The highest BCUT2D eigenvalue weighted by Gasteiger charge is 2.29. The average molecular weight is 356 g/mol. The van der Waals surface area contributed by atoms with Crippen molar-refractivity contribution in [3.05, 3.63) is 59.8 Å². The van der Waals surface area contributed by atoms with Gasteiger partial charge in [-0.1, -0.05) is 18.2 Å². The molecule has 1 atom stereocenters. The van der Waals surface area contributed by atoms with E-state index in [0.717, 1.165) is 11.2 Å². The van der Waals surface area contributed by atoms with Gasteiger partial charge in [0.15, 0.2) is 0 Å². The van der Waals surface area contributed by atoms with E-state index in [1.165, 1.54) is 10.9 Å². The number of para-hydroxylation sites is 1. The van der Waals surface area contributed by atoms with Crippen molar-refractivity contribution in [1.82, 2.24) is 9.71 Å². The lowest BCUT2D eigenvalue weighted by atomic mass is 10.1. The molecule has 4 rings (SSSR count). The van der Waals surface area contributed by atoms with Crippen LogP contribution in [0.5, 0.6) is 5.75 Å². The minimum absolute atomic E-state index is 0.123. The van der Waals surface area contributed by atoms with E-state index in [4.69, 9.17) is 4.74 Å². The molecule has 2 N–H and O–H groups in total. The third-order valence-electron chi connectivity index (χ3n) is 4.57. The number of fused-ring (bicyclic) bond motifs is 3. The highest BCUT2D eigenvalue weighted by molar-refractivity contribution is 7.89. The lowest BCUT2D eigenvalue weighted by molar-refractivity contribution is 0.340. The van der Waals surface area contributed by atoms with Gasteiger partial charge in [0, 0.05) is 29.1 Å². The normalized spacial score (nSPS) is 16.9. The van der Waals surface area contributed by atoms with Crippen molar-refractivity contribution in [2.75, 3.05) is 6.61 Å². The standard InChI is InChI=1S/C19H20N2O3S/c1-2-24-14-7-9-15(10-8-14)25(22,23)21-13-11-17-16-5-3-4-6-18(16)20-19(17)12-13/h3-10,13,20-21H,2,11-12H2,1H3. The van der Waals surface area contributed by atoms with Crippen molar-refractivity contribution in [3.63, 3.8) is 0 Å². The first-order chi connectivity index (χ1) is 12.1. The third-order valence-corrected chi connectivity index (χ3v) is 6.11. The van der Waals surface area contributed by atoms with Gasteiger partial charge in [-0.15, -0.1) is 0 Å². The maximum absolute atomic E-state index is 12.6. The Bertz CT molecular complexity index is 1010. The van der Waals surface area contributed by atoms with Crippen LogP contribution in [0.3, 0.4) is 0 Å². The Balaban J connectivity index is 1.51. The lowest BCUT2D eigenvalue weighted by Gasteiger charge is -2.13. The zero-order valence-corrected chi connectivity index (χ0v) is 14.8. The van der Waals surface area contributed by atoms with Gasteiger partial charge < -0.3 is 9.72 Å². The van der Waals surface area contributed by atoms with Crippen LogP contribution in [-0.4, -0.2) is 26.1 Å². The molecule has 130 valence electrons. The lowest BCUT2D eigenvalue weighted by Crippen LogP contribution is -2.35. The summed E-state index contributed by atoms with van der Waals surface area (Å²) in [6, 6.07) is 14.5. The molecule has 2 aromatic carbocycles. The van der Waals surface area contributed by atoms with Gasteiger partial charge in [0.2, 0.25) is 10.0 Å². The van der Waals surface area contributed by atoms with Gasteiger partial charge in [0.1, 0.15) is 5.75 Å². The van der Waals surface area contributed by atoms with Crippen molar-refractivity contribution in [1.29, 1.82) is 0 Å². The van der Waals surface area contributed by atoms with Gasteiger partial charge in [0.25, 0.3) is 0 Å². The summed E-state index contributed by atoms with van der Waals surface area (Å²) in [6.07, 6.45) is 1.38. The van der Waals surface area contributed by atoms with Crippen LogP contribution in [0.1, 0.15) is 18.2 Å². The minimum Gasteiger partial charge on any atom is -0.494 e. The highest BCUT2D eigenvalue weighted by atomic mass is 32.2. The first-order valence-electron chi connectivity index (χ1n) is 8.40. The molecule has 5 nitrogen and oxygen atoms in total. The Labute approximate surface area is 147 Å². The van der Waals surface area contributed by atoms with E-state index in [0.29, 0.717) is 25.2 Å². The summed E-state index contributed by atoms with van der Waals surface area (Å²) in [5.41, 5.74) is 3.45. The van der Waals surface area contributed by atoms with E-state index < -0.39 is 10.0 Å². The number of sulfonamides is 1. The monoisotopic (exact) mass is 356 g/mol. The zero-order valence-electron chi connectivity index (χ0n) is 14.0. The molecule has 6 heteroatoms. The van der Waals surface area contributed by atoms with Crippen molar-refractivity contribution in [2.45, 2.75) is 30.7 Å². The molecule has 0 radical (unpaired) electrons. The van der Waals surface area contributed by atoms with E-state index >= 15 is 0 Å². The summed E-state index contributed by atoms with van der Waals surface area (Å²) in [4.78, 5) is 3.66. The molecular formula is C19H20N2O3S. The summed E-state index contributed by atoms with van der Waals surface area (Å²) < 4.78 is 33.5. The number of ether oxygens (including phenoxy) is 1. The fourth-order valence-corrected chi connectivity index (χ4v) is 4.72. The van der Waals surface area contributed by atoms with E-state index in [2.05, 4.69) is 15.8 Å². The molecule has 0 amide bonds. The number of rotatable bonds is 5. The second-order valence-corrected chi connectivity index (χ2v) is 7.97. The molecule has 0 aliphatic heterocycles. The largest absolute Gasteiger partial charge is 0.494 e. The van der Waals surface area contributed by atoms with Gasteiger partial charge in [-0.3, -0.25) is 0 Å². The Morgan fingerprint density at radius 1 is 1.12 bits per heavy atom. The minimum atomic E-state index is -3.54. The molecule has 1 aliphatic rings. The predicted molar refractivity (Wildman–Crippen MR) is 97.4 cm³/mol. The number of benzene rings is 2. The molecule has 0 spiro atoms. The first-order valence-corrected chi connectivity index (χ1v) is 9.89. The van der Waals surface area contributed by atoms with Gasteiger partial charge in [-0.2, -0.15) is 0 Å². The van der Waals surface area contributed by atoms with Crippen LogP contribution in [0, 0.1) is 0 Å². The fourth-order valence-electron chi connectivity index (χ4n) is 3.48. The van der Waals surface area contributed by atoms with Crippen LogP contribution in [0.15, 0.2) is 53.4 Å². The van der Waals surface area contributed by atoms with Crippen LogP contribution in [0.4, 0.5) is 0 Å². The smallest absolute Gasteiger partial charge is 0.240 e. The molecule has 3 aromatic rings. The molecule has 1 aromatic heterocycles. The maximum atomic E-state index is 12.6. The summed E-state index contributed by atoms with van der Waals surface area (Å²) in [5, 5.41) is 1.18. The molecule has 1 heterocycles. The third kappa shape index (κ3) is 3.03. The summed E-state index contributed by atoms with van der Waals surface area (Å²) >= 11 is 0. The van der Waals surface area contributed by atoms with Gasteiger partial charge in [-0.05, 0) is 49.2 Å². The molecule has 0 fully saturated rings. The van der Waals surface area contributed by atoms with Crippen LogP contribution in [-0.2, 0) is 22.9 Å². The topological polar surface area (TPSA) is 71.2 Å². The summed E-state index contributed by atoms with van der Waals surface area (Å²) in [7, 11) is -3.54. The number of aromatic amines is 1. The van der Waals surface area contributed by atoms with Crippen molar-refractivity contribution in [2.24, 2.45) is 0 Å². The molecule has 1 aliphatic carbocycles. The Morgan fingerprint density at radius 2 is 1.88 bits per heavy atom. The van der Waals surface area contributed by atoms with Crippen LogP contribution < -0.4 is 9.46 Å². The van der Waals surface area contributed by atoms with E-state index in [1.54, 1.807) is 24.3 Å². The fraction of sp³-hybridized carbons (Fsp3) is 0.263. The second-order valence-electron chi connectivity index (χ2n) is 6.26. The van der Waals surface area contributed by atoms with Crippen LogP contribution >= 0.6 is 0 Å². The number of hydrogen-bond acceptors (Lipinski definition) is 3. The number of nitrogens with one attached hydrogen (secondary N) is 2. The number of aromatic nitrogens is 1. The van der Waals surface area contributed by atoms with Crippen LogP contribution in [0.25, 0.3) is 10.9 Å². The predicted octanol–water partition coefficient (Wildman–Crippen LogP) is 3.01. The molecule has 0 saturated heterocycles. The van der Waals surface area contributed by atoms with Gasteiger partial charge in [-0.25, -0.2) is 13.1 Å². The Morgan fingerprint density at radius 3 is 2.64 bits per heavy atom. The van der Waals surface area contributed by atoms with Gasteiger partial charge in [0.05, 0.1) is 11.5 Å². The number of H-pyrrole nitrogens is 1. The van der Waals surface area contributed by atoms with Crippen molar-refractivity contribution < 1.29 is 13.2 Å². The molecular weight excluding hydrogens is 336 g/mol. The second kappa shape index (κ2) is 6.20. The van der Waals surface area contributed by atoms with E-state index in [1.807, 2.05) is 25.1 Å². The Kier molecular flexibility index (Phi) is 4.01. The quantitative estimate of drug-likeness (QED) is 0.738. The van der Waals surface area contributed by atoms with E-state index in [9.17, 15) is 8.42 Å². The highest BCUT2D eigenvalue weighted by Crippen LogP contribution is 2.30. The summed E-state index contributed by atoms with van der Waals surface area (Å²) in [6.45, 7) is 2.45. The van der Waals surface area contributed by atoms with Crippen molar-refractivity contribution >= 4 is 20.9 Å². The molecule has 25 heavy (non-hydrogen) atoms. The maximum Gasteiger partial charge on any atom is 0.240 e. The van der Waals surface area contributed by atoms with Crippen LogP contribution in [0.2, 0.25) is 0 Å². The molecule has 1 unspecified atom stereocenters. The zero-order chi connectivity index (χ0) is 17.4. The molecule has 0 bridgehead atoms. The first kappa shape index (κ1) is 16.2. The van der Waals surface area contributed by atoms with E-state index in [-0.39, 0.29) is 10.9 Å². The average Bonchev–Trinajstić information content (AvgIpc) is 3.12. The van der Waals surface area contributed by atoms with Gasteiger partial charge >= 0.3 is 0 Å². The molecule has 0 saturated carbocycles. The number of hydrogen-bond donors (Lipinski definition) is 2. The SMILES string of the molecule is CCOc1ccc(S(=O)(=O)NC2Cc3[nH]c4ccccc4c3C2)cc1. The Hall–Kier alpha value is -2.31. The summed E-state index contributed by atoms with van der Waals surface area (Å²) in [5.74, 6) is 0.670.